The largest absolute Gasteiger partial charge is 0.469 e. The minimum Gasteiger partial charge on any atom is -0.469 e. The third-order valence-corrected chi connectivity index (χ3v) is 4.09. The Labute approximate surface area is 144 Å². The number of hydrogen-bond donors (Lipinski definition) is 1. The highest BCUT2D eigenvalue weighted by Gasteiger charge is 2.39. The second kappa shape index (κ2) is 7.17. The quantitative estimate of drug-likeness (QED) is 0.766. The van der Waals surface area contributed by atoms with Crippen LogP contribution in [0.5, 0.6) is 0 Å². The Kier molecular flexibility index (Phi) is 5.40. The van der Waals surface area contributed by atoms with Gasteiger partial charge in [0.1, 0.15) is 0 Å². The van der Waals surface area contributed by atoms with Crippen LogP contribution in [0.4, 0.5) is 18.9 Å². The van der Waals surface area contributed by atoms with Gasteiger partial charge in [-0.25, -0.2) is 0 Å². The number of para-hydroxylation sites is 1. The number of benzene rings is 2. The molecular formula is C19H20F3NO2. The smallest absolute Gasteiger partial charge is 0.416 e. The van der Waals surface area contributed by atoms with E-state index < -0.39 is 29.2 Å². The molecule has 134 valence electrons. The van der Waals surface area contributed by atoms with Gasteiger partial charge in [0.2, 0.25) is 0 Å². The molecule has 25 heavy (non-hydrogen) atoms. The molecule has 0 saturated heterocycles. The third-order valence-electron chi connectivity index (χ3n) is 4.09. The Bertz CT molecular complexity index is 710. The summed E-state index contributed by atoms with van der Waals surface area (Å²) in [6.45, 7) is 3.38. The van der Waals surface area contributed by atoms with Gasteiger partial charge in [-0.3, -0.25) is 4.79 Å². The lowest BCUT2D eigenvalue weighted by molar-refractivity contribution is -0.151. The fraction of sp³-hybridized carbons (Fsp3) is 0.316. The molecule has 6 heteroatoms. The Balaban J connectivity index is 2.42. The summed E-state index contributed by atoms with van der Waals surface area (Å²) >= 11 is 0. The van der Waals surface area contributed by atoms with Crippen LogP contribution in [0.2, 0.25) is 0 Å². The van der Waals surface area contributed by atoms with Crippen LogP contribution >= 0.6 is 0 Å². The Hall–Kier alpha value is -2.50. The second-order valence-corrected chi connectivity index (χ2v) is 6.28. The highest BCUT2D eigenvalue weighted by Crippen LogP contribution is 2.38. The summed E-state index contributed by atoms with van der Waals surface area (Å²) < 4.78 is 43.3. The van der Waals surface area contributed by atoms with Gasteiger partial charge in [-0.15, -0.1) is 0 Å². The number of carbonyl (C=O) groups excluding carboxylic acids is 1. The number of rotatable bonds is 5. The number of methoxy groups -OCH3 is 1. The number of halogens is 3. The molecule has 0 aliphatic rings. The minimum absolute atomic E-state index is 0.458. The maximum absolute atomic E-state index is 12.8. The van der Waals surface area contributed by atoms with Crippen molar-refractivity contribution in [3.8, 4) is 0 Å². The average molecular weight is 351 g/mol. The summed E-state index contributed by atoms with van der Waals surface area (Å²) in [5, 5.41) is 3.23. The third kappa shape index (κ3) is 4.32. The zero-order valence-corrected chi connectivity index (χ0v) is 14.2. The van der Waals surface area contributed by atoms with Crippen LogP contribution in [-0.2, 0) is 15.7 Å². The summed E-state index contributed by atoms with van der Waals surface area (Å²) in [4.78, 5) is 12.2. The van der Waals surface area contributed by atoms with Crippen molar-refractivity contribution in [3.63, 3.8) is 0 Å². The maximum atomic E-state index is 12.8. The van der Waals surface area contributed by atoms with E-state index in [9.17, 15) is 18.0 Å². The zero-order chi connectivity index (χ0) is 18.7. The van der Waals surface area contributed by atoms with Gasteiger partial charge in [-0.2, -0.15) is 13.2 Å². The van der Waals surface area contributed by atoms with Gasteiger partial charge in [0.05, 0.1) is 24.1 Å². The molecule has 0 bridgehead atoms. The standard InChI is InChI=1S/C19H20F3NO2/c1-18(2,17(24)25-3)16(23-15-7-5-4-6-8-15)13-9-11-14(12-10-13)19(20,21)22/h4-12,16,23H,1-3H3/t16-/m0/s1. The molecule has 2 rings (SSSR count). The minimum atomic E-state index is -4.40. The van der Waals surface area contributed by atoms with E-state index in [2.05, 4.69) is 5.32 Å². The first-order chi connectivity index (χ1) is 11.7. The summed E-state index contributed by atoms with van der Waals surface area (Å²) in [6, 6.07) is 13.4. The molecule has 3 nitrogen and oxygen atoms in total. The van der Waals surface area contributed by atoms with Gasteiger partial charge in [-0.05, 0) is 43.7 Å². The molecule has 0 unspecified atom stereocenters. The number of alkyl halides is 3. The van der Waals surface area contributed by atoms with Gasteiger partial charge in [-0.1, -0.05) is 30.3 Å². The van der Waals surface area contributed by atoms with E-state index >= 15 is 0 Å². The lowest BCUT2D eigenvalue weighted by Gasteiger charge is -2.33. The predicted molar refractivity (Wildman–Crippen MR) is 90.0 cm³/mol. The van der Waals surface area contributed by atoms with Gasteiger partial charge < -0.3 is 10.1 Å². The molecule has 0 amide bonds. The summed E-state index contributed by atoms with van der Waals surface area (Å²) in [5.74, 6) is -0.458. The molecular weight excluding hydrogens is 331 g/mol. The topological polar surface area (TPSA) is 38.3 Å². The highest BCUT2D eigenvalue weighted by atomic mass is 19.4. The molecule has 0 spiro atoms. The molecule has 0 aliphatic carbocycles. The Morgan fingerprint density at radius 1 is 1.00 bits per heavy atom. The number of esters is 1. The molecule has 0 fully saturated rings. The van der Waals surface area contributed by atoms with Crippen molar-refractivity contribution in [2.75, 3.05) is 12.4 Å². The maximum Gasteiger partial charge on any atom is 0.416 e. The van der Waals surface area contributed by atoms with E-state index in [4.69, 9.17) is 4.74 Å². The fourth-order valence-corrected chi connectivity index (χ4v) is 2.63. The summed E-state index contributed by atoms with van der Waals surface area (Å²) in [6.07, 6.45) is -4.40. The molecule has 0 aliphatic heterocycles. The SMILES string of the molecule is COC(=O)C(C)(C)[C@@H](Nc1ccccc1)c1ccc(C(F)(F)F)cc1. The van der Waals surface area contributed by atoms with Crippen LogP contribution < -0.4 is 5.32 Å². The van der Waals surface area contributed by atoms with Crippen LogP contribution in [-0.4, -0.2) is 13.1 Å². The van der Waals surface area contributed by atoms with Gasteiger partial charge in [0.15, 0.2) is 0 Å². The van der Waals surface area contributed by atoms with Crippen LogP contribution in [0.15, 0.2) is 54.6 Å². The lowest BCUT2D eigenvalue weighted by Crippen LogP contribution is -2.36. The van der Waals surface area contributed by atoms with Crippen LogP contribution in [0.25, 0.3) is 0 Å². The highest BCUT2D eigenvalue weighted by molar-refractivity contribution is 5.78. The number of carbonyl (C=O) groups is 1. The van der Waals surface area contributed by atoms with Gasteiger partial charge in [0, 0.05) is 5.69 Å². The van der Waals surface area contributed by atoms with E-state index in [1.165, 1.54) is 19.2 Å². The molecule has 2 aromatic carbocycles. The lowest BCUT2D eigenvalue weighted by atomic mass is 9.80. The second-order valence-electron chi connectivity index (χ2n) is 6.28. The molecule has 0 heterocycles. The summed E-state index contributed by atoms with van der Waals surface area (Å²) in [5.41, 5.74) is -0.410. The Morgan fingerprint density at radius 2 is 1.56 bits per heavy atom. The van der Waals surface area contributed by atoms with E-state index in [1.807, 2.05) is 30.3 Å². The van der Waals surface area contributed by atoms with Crippen LogP contribution in [0.1, 0.15) is 31.0 Å². The molecule has 1 atom stereocenters. The molecule has 0 saturated carbocycles. The van der Waals surface area contributed by atoms with Gasteiger partial charge >= 0.3 is 12.1 Å². The van der Waals surface area contributed by atoms with Crippen molar-refractivity contribution in [2.45, 2.75) is 26.1 Å². The number of nitrogens with one attached hydrogen (secondary N) is 1. The number of ether oxygens (including phenoxy) is 1. The number of anilines is 1. The van der Waals surface area contributed by atoms with Crippen molar-refractivity contribution in [1.82, 2.24) is 0 Å². The van der Waals surface area contributed by atoms with Crippen LogP contribution in [0, 0.1) is 5.41 Å². The fourth-order valence-electron chi connectivity index (χ4n) is 2.63. The van der Waals surface area contributed by atoms with Crippen molar-refractivity contribution in [2.24, 2.45) is 5.41 Å². The molecule has 0 aromatic heterocycles. The zero-order valence-electron chi connectivity index (χ0n) is 14.2. The predicted octanol–water partition coefficient (Wildman–Crippen LogP) is 5.06. The molecule has 0 radical (unpaired) electrons. The van der Waals surface area contributed by atoms with Crippen molar-refractivity contribution in [3.05, 3.63) is 65.7 Å². The average Bonchev–Trinajstić information content (AvgIpc) is 2.59. The first-order valence-corrected chi connectivity index (χ1v) is 7.73. The first-order valence-electron chi connectivity index (χ1n) is 7.73. The van der Waals surface area contributed by atoms with Gasteiger partial charge in [0.25, 0.3) is 0 Å². The number of hydrogen-bond acceptors (Lipinski definition) is 3. The first kappa shape index (κ1) is 18.8. The van der Waals surface area contributed by atoms with Crippen molar-refractivity contribution >= 4 is 11.7 Å². The van der Waals surface area contributed by atoms with E-state index in [-0.39, 0.29) is 0 Å². The van der Waals surface area contributed by atoms with Crippen LogP contribution in [0.3, 0.4) is 0 Å². The van der Waals surface area contributed by atoms with Crippen molar-refractivity contribution < 1.29 is 22.7 Å². The molecule has 2 aromatic rings. The monoisotopic (exact) mass is 351 g/mol. The molecule has 1 N–H and O–H groups in total. The summed E-state index contributed by atoms with van der Waals surface area (Å²) in [7, 11) is 1.29. The Morgan fingerprint density at radius 3 is 2.04 bits per heavy atom. The van der Waals surface area contributed by atoms with Crippen molar-refractivity contribution in [1.29, 1.82) is 0 Å². The normalized spacial score (nSPS) is 13.2. The van der Waals surface area contributed by atoms with E-state index in [0.29, 0.717) is 5.56 Å². The van der Waals surface area contributed by atoms with E-state index in [1.54, 1.807) is 13.8 Å². The van der Waals surface area contributed by atoms with E-state index in [0.717, 1.165) is 17.8 Å².